The van der Waals surface area contributed by atoms with Crippen molar-refractivity contribution in [2.75, 3.05) is 0 Å². The van der Waals surface area contributed by atoms with Gasteiger partial charge in [0.25, 0.3) is 0 Å². The number of para-hydroxylation sites is 1. The van der Waals surface area contributed by atoms with Crippen LogP contribution >= 0.6 is 0 Å². The predicted octanol–water partition coefficient (Wildman–Crippen LogP) is 10.6. The third kappa shape index (κ3) is 3.30. The van der Waals surface area contributed by atoms with Crippen molar-refractivity contribution in [2.24, 2.45) is 0 Å². The number of aryl methyl sites for hydroxylation is 1. The van der Waals surface area contributed by atoms with Crippen LogP contribution in [0.3, 0.4) is 0 Å². The van der Waals surface area contributed by atoms with Gasteiger partial charge >= 0.3 is 0 Å². The summed E-state index contributed by atoms with van der Waals surface area (Å²) >= 11 is 0. The summed E-state index contributed by atoms with van der Waals surface area (Å²) in [6.45, 7) is 2.20. The predicted molar refractivity (Wildman–Crippen MR) is 176 cm³/mol. The smallest absolute Gasteiger partial charge is 0.0702 e. The third-order valence-electron chi connectivity index (χ3n) is 8.78. The summed E-state index contributed by atoms with van der Waals surface area (Å²) in [6, 6.07) is 48.6. The lowest BCUT2D eigenvalue weighted by molar-refractivity contribution is 1.17. The Morgan fingerprint density at radius 1 is 0.476 bits per heavy atom. The number of benzene rings is 6. The molecule has 0 unspecified atom stereocenters. The maximum absolute atomic E-state index is 4.59. The van der Waals surface area contributed by atoms with E-state index in [0.29, 0.717) is 0 Å². The van der Waals surface area contributed by atoms with Crippen LogP contribution in [0, 0.1) is 6.92 Å². The summed E-state index contributed by atoms with van der Waals surface area (Å²) in [7, 11) is 0. The van der Waals surface area contributed by atoms with Crippen LogP contribution in [0.25, 0.3) is 82.9 Å². The van der Waals surface area contributed by atoms with E-state index in [1.165, 1.54) is 77.2 Å². The van der Waals surface area contributed by atoms with Crippen molar-refractivity contribution in [3.05, 3.63) is 145 Å². The molecule has 8 aromatic rings. The Morgan fingerprint density at radius 3 is 2.10 bits per heavy atom. The van der Waals surface area contributed by atoms with Crippen LogP contribution in [0.2, 0.25) is 0 Å². The molecule has 0 saturated heterocycles. The van der Waals surface area contributed by atoms with E-state index >= 15 is 0 Å². The third-order valence-corrected chi connectivity index (χ3v) is 8.78. The largest absolute Gasteiger partial charge is 0.309 e. The van der Waals surface area contributed by atoms with Crippen molar-refractivity contribution < 1.29 is 0 Å². The minimum Gasteiger partial charge on any atom is -0.309 e. The SMILES string of the molecule is Cc1cc(-c2cccc(-c3ccccn3)c2)cc(-n2c3ccccc3c3c4cccc5c4c(cc32)-c2ccccc2-5)c1. The van der Waals surface area contributed by atoms with Gasteiger partial charge in [0.05, 0.1) is 16.7 Å². The molecular formula is C40H26N2. The van der Waals surface area contributed by atoms with Crippen LogP contribution in [-0.2, 0) is 0 Å². The Bertz CT molecular complexity index is 2360. The average Bonchev–Trinajstić information content (AvgIpc) is 3.55. The molecule has 2 heterocycles. The molecule has 0 spiro atoms. The first kappa shape index (κ1) is 23.3. The molecule has 196 valence electrons. The zero-order chi connectivity index (χ0) is 27.8. The second kappa shape index (κ2) is 8.76. The highest BCUT2D eigenvalue weighted by Gasteiger charge is 2.25. The topological polar surface area (TPSA) is 17.8 Å². The van der Waals surface area contributed by atoms with Crippen molar-refractivity contribution in [2.45, 2.75) is 6.92 Å². The van der Waals surface area contributed by atoms with Gasteiger partial charge in [-0.05, 0) is 99.1 Å². The van der Waals surface area contributed by atoms with Crippen molar-refractivity contribution in [3.63, 3.8) is 0 Å². The van der Waals surface area contributed by atoms with Crippen LogP contribution in [-0.4, -0.2) is 9.55 Å². The Hall–Kier alpha value is -5.47. The van der Waals surface area contributed by atoms with Crippen LogP contribution in [0.5, 0.6) is 0 Å². The van der Waals surface area contributed by atoms with E-state index in [-0.39, 0.29) is 0 Å². The van der Waals surface area contributed by atoms with Gasteiger partial charge in [0.2, 0.25) is 0 Å². The molecule has 0 aliphatic heterocycles. The summed E-state index contributed by atoms with van der Waals surface area (Å²) in [6.07, 6.45) is 1.85. The lowest BCUT2D eigenvalue weighted by atomic mass is 9.98. The zero-order valence-corrected chi connectivity index (χ0v) is 23.2. The summed E-state index contributed by atoms with van der Waals surface area (Å²) < 4.78 is 2.47. The second-order valence-electron chi connectivity index (χ2n) is 11.3. The Morgan fingerprint density at radius 2 is 1.21 bits per heavy atom. The minimum absolute atomic E-state index is 0.985. The molecule has 0 fully saturated rings. The molecule has 0 radical (unpaired) electrons. The van der Waals surface area contributed by atoms with E-state index < -0.39 is 0 Å². The molecule has 0 atom stereocenters. The van der Waals surface area contributed by atoms with Gasteiger partial charge in [0.1, 0.15) is 0 Å². The van der Waals surface area contributed by atoms with E-state index in [9.17, 15) is 0 Å². The number of rotatable bonds is 3. The maximum atomic E-state index is 4.59. The van der Waals surface area contributed by atoms with Crippen LogP contribution in [0.1, 0.15) is 5.56 Å². The Kier molecular flexibility index (Phi) is 4.85. The second-order valence-corrected chi connectivity index (χ2v) is 11.3. The van der Waals surface area contributed by atoms with Gasteiger partial charge in [-0.2, -0.15) is 0 Å². The van der Waals surface area contributed by atoms with Crippen LogP contribution in [0.4, 0.5) is 0 Å². The lowest BCUT2D eigenvalue weighted by Crippen LogP contribution is -1.96. The fraction of sp³-hybridized carbons (Fsp3) is 0.0250. The number of hydrogen-bond donors (Lipinski definition) is 0. The first-order chi connectivity index (χ1) is 20.7. The van der Waals surface area contributed by atoms with E-state index in [1.54, 1.807) is 0 Å². The molecule has 42 heavy (non-hydrogen) atoms. The quantitative estimate of drug-likeness (QED) is 0.220. The summed E-state index contributed by atoms with van der Waals surface area (Å²) in [5, 5.41) is 5.29. The minimum atomic E-state index is 0.985. The van der Waals surface area contributed by atoms with Crippen LogP contribution < -0.4 is 0 Å². The number of hydrogen-bond acceptors (Lipinski definition) is 1. The molecule has 1 aliphatic rings. The highest BCUT2D eigenvalue weighted by atomic mass is 15.0. The van der Waals surface area contributed by atoms with Crippen molar-refractivity contribution in [3.8, 4) is 50.3 Å². The number of pyridine rings is 1. The summed E-state index contributed by atoms with van der Waals surface area (Å²) in [4.78, 5) is 4.59. The van der Waals surface area contributed by atoms with Gasteiger partial charge in [-0.3, -0.25) is 4.98 Å². The summed E-state index contributed by atoms with van der Waals surface area (Å²) in [5.74, 6) is 0. The molecule has 9 rings (SSSR count). The maximum Gasteiger partial charge on any atom is 0.0702 e. The normalized spacial score (nSPS) is 11.9. The van der Waals surface area contributed by atoms with Gasteiger partial charge in [-0.15, -0.1) is 0 Å². The van der Waals surface area contributed by atoms with E-state index in [1.807, 2.05) is 18.3 Å². The van der Waals surface area contributed by atoms with Crippen molar-refractivity contribution in [1.29, 1.82) is 0 Å². The lowest BCUT2D eigenvalue weighted by Gasteiger charge is -2.14. The van der Waals surface area contributed by atoms with Gasteiger partial charge < -0.3 is 4.57 Å². The van der Waals surface area contributed by atoms with Gasteiger partial charge in [0.15, 0.2) is 0 Å². The first-order valence-corrected chi connectivity index (χ1v) is 14.5. The molecule has 0 saturated carbocycles. The van der Waals surface area contributed by atoms with Crippen LogP contribution in [0.15, 0.2) is 140 Å². The van der Waals surface area contributed by atoms with Gasteiger partial charge in [-0.25, -0.2) is 0 Å². The molecule has 2 aromatic heterocycles. The highest BCUT2D eigenvalue weighted by molar-refractivity contribution is 6.29. The van der Waals surface area contributed by atoms with Gasteiger partial charge in [-0.1, -0.05) is 91.0 Å². The fourth-order valence-corrected chi connectivity index (χ4v) is 7.06. The Balaban J connectivity index is 1.33. The molecular weight excluding hydrogens is 508 g/mol. The Labute approximate surface area is 244 Å². The van der Waals surface area contributed by atoms with E-state index in [0.717, 1.165) is 11.3 Å². The molecule has 6 aromatic carbocycles. The average molecular weight is 535 g/mol. The summed E-state index contributed by atoms with van der Waals surface area (Å²) in [5.41, 5.74) is 14.7. The monoisotopic (exact) mass is 534 g/mol. The molecule has 2 heteroatoms. The van der Waals surface area contributed by atoms with E-state index in [2.05, 4.69) is 138 Å². The highest BCUT2D eigenvalue weighted by Crippen LogP contribution is 2.51. The van der Waals surface area contributed by atoms with E-state index in [4.69, 9.17) is 0 Å². The number of aromatic nitrogens is 2. The number of fused-ring (bicyclic) bond motifs is 7. The zero-order valence-electron chi connectivity index (χ0n) is 23.2. The standard InChI is InChI=1S/C40H26N2/c1-25-20-28(26-10-8-11-27(22-26)36-17-6-7-19-41-36)23-29(21-25)42-37-18-5-4-14-33(37)40-34-16-9-15-32-30-12-2-3-13-31(30)35(39(32)34)24-38(40)42/h2-24H,1H3. The molecule has 1 aliphatic carbocycles. The molecule has 0 N–H and O–H groups in total. The molecule has 0 amide bonds. The van der Waals surface area contributed by atoms with Crippen molar-refractivity contribution >= 4 is 32.6 Å². The molecule has 2 nitrogen and oxygen atoms in total. The number of nitrogens with zero attached hydrogens (tertiary/aromatic N) is 2. The fourth-order valence-electron chi connectivity index (χ4n) is 7.06. The van der Waals surface area contributed by atoms with Gasteiger partial charge in [0, 0.05) is 28.2 Å². The molecule has 0 bridgehead atoms. The van der Waals surface area contributed by atoms with Crippen molar-refractivity contribution in [1.82, 2.24) is 9.55 Å². The first-order valence-electron chi connectivity index (χ1n) is 14.5.